The van der Waals surface area contributed by atoms with E-state index in [1.165, 1.54) is 0 Å². The zero-order valence-electron chi connectivity index (χ0n) is 20.7. The molecule has 0 aliphatic carbocycles. The van der Waals surface area contributed by atoms with Crippen LogP contribution in [0.3, 0.4) is 0 Å². The van der Waals surface area contributed by atoms with Crippen molar-refractivity contribution in [2.75, 3.05) is 28.4 Å². The van der Waals surface area contributed by atoms with Crippen LogP contribution in [0.4, 0.5) is 0 Å². The average molecular weight is 473 g/mol. The fraction of sp³-hybridized carbons (Fsp3) is 0.241. The summed E-state index contributed by atoms with van der Waals surface area (Å²) in [6.07, 6.45) is 0. The van der Waals surface area contributed by atoms with Crippen LogP contribution in [0.2, 0.25) is 0 Å². The molecule has 35 heavy (non-hydrogen) atoms. The Kier molecular flexibility index (Phi) is 6.63. The molecule has 4 rings (SSSR count). The number of methoxy groups -OCH3 is 4. The molecule has 0 fully saturated rings. The minimum Gasteiger partial charge on any atom is -0.497 e. The Morgan fingerprint density at radius 2 is 1.37 bits per heavy atom. The van der Waals surface area contributed by atoms with Crippen LogP contribution in [0.15, 0.2) is 59.0 Å². The van der Waals surface area contributed by atoms with Gasteiger partial charge >= 0.3 is 0 Å². The predicted molar refractivity (Wildman–Crippen MR) is 136 cm³/mol. The Morgan fingerprint density at radius 1 is 0.743 bits per heavy atom. The summed E-state index contributed by atoms with van der Waals surface area (Å²) < 4.78 is 28.0. The molecular formula is C29H28O6. The first-order valence-corrected chi connectivity index (χ1v) is 11.0. The van der Waals surface area contributed by atoms with E-state index in [-0.39, 0.29) is 0 Å². The van der Waals surface area contributed by atoms with Crippen molar-refractivity contribution in [1.29, 1.82) is 0 Å². The maximum Gasteiger partial charge on any atom is 0.203 e. The van der Waals surface area contributed by atoms with Crippen molar-refractivity contribution < 1.29 is 28.5 Å². The largest absolute Gasteiger partial charge is 0.497 e. The van der Waals surface area contributed by atoms with Crippen LogP contribution in [0.25, 0.3) is 33.4 Å². The monoisotopic (exact) mass is 472 g/mol. The van der Waals surface area contributed by atoms with E-state index in [1.54, 1.807) is 42.3 Å². The lowest BCUT2D eigenvalue weighted by Gasteiger charge is -2.14. The third-order valence-electron chi connectivity index (χ3n) is 5.53. The molecule has 0 saturated heterocycles. The number of hydrogen-bond donors (Lipinski definition) is 1. The summed E-state index contributed by atoms with van der Waals surface area (Å²) in [6, 6.07) is 17.3. The highest BCUT2D eigenvalue weighted by Crippen LogP contribution is 2.42. The molecule has 3 aromatic carbocycles. The fourth-order valence-electron chi connectivity index (χ4n) is 3.81. The SMILES string of the molecule is COc1ccc(-c2oc3ccc(-c4cc(OC)c(OC)c(OC)c4)cc3c2C#CC(C)(C)O)cc1. The third kappa shape index (κ3) is 4.91. The summed E-state index contributed by atoms with van der Waals surface area (Å²) in [5, 5.41) is 11.1. The van der Waals surface area contributed by atoms with Crippen LogP contribution in [0.5, 0.6) is 23.0 Å². The quantitative estimate of drug-likeness (QED) is 0.351. The smallest absolute Gasteiger partial charge is 0.203 e. The second kappa shape index (κ2) is 9.65. The molecule has 6 nitrogen and oxygen atoms in total. The van der Waals surface area contributed by atoms with Gasteiger partial charge in [0, 0.05) is 10.9 Å². The van der Waals surface area contributed by atoms with Crippen LogP contribution in [-0.2, 0) is 0 Å². The van der Waals surface area contributed by atoms with Crippen molar-refractivity contribution in [3.05, 3.63) is 60.2 Å². The molecule has 1 N–H and O–H groups in total. The summed E-state index contributed by atoms with van der Waals surface area (Å²) >= 11 is 0. The fourth-order valence-corrected chi connectivity index (χ4v) is 3.81. The molecular weight excluding hydrogens is 444 g/mol. The summed E-state index contributed by atoms with van der Waals surface area (Å²) in [5.41, 5.74) is 2.89. The maximum absolute atomic E-state index is 10.3. The molecule has 1 aromatic heterocycles. The minimum atomic E-state index is -1.16. The van der Waals surface area contributed by atoms with Crippen molar-refractivity contribution in [3.63, 3.8) is 0 Å². The number of benzene rings is 3. The average Bonchev–Trinajstić information content (AvgIpc) is 3.23. The Bertz CT molecular complexity index is 1390. The summed E-state index contributed by atoms with van der Waals surface area (Å²) in [7, 11) is 6.38. The van der Waals surface area contributed by atoms with Gasteiger partial charge in [-0.2, -0.15) is 0 Å². The van der Waals surface area contributed by atoms with E-state index in [0.717, 1.165) is 27.8 Å². The van der Waals surface area contributed by atoms with Crippen molar-refractivity contribution in [3.8, 4) is 57.3 Å². The van der Waals surface area contributed by atoms with Gasteiger partial charge in [0.1, 0.15) is 16.9 Å². The molecule has 4 aromatic rings. The lowest BCUT2D eigenvalue weighted by Crippen LogP contribution is -2.14. The maximum atomic E-state index is 10.3. The first kappa shape index (κ1) is 24.1. The van der Waals surface area contributed by atoms with Gasteiger partial charge in [-0.1, -0.05) is 17.9 Å². The van der Waals surface area contributed by atoms with Crippen LogP contribution in [0, 0.1) is 11.8 Å². The van der Waals surface area contributed by atoms with Gasteiger partial charge in [0.05, 0.1) is 34.0 Å². The van der Waals surface area contributed by atoms with Crippen LogP contribution in [-0.4, -0.2) is 39.1 Å². The second-order valence-corrected chi connectivity index (χ2v) is 8.47. The van der Waals surface area contributed by atoms with Crippen LogP contribution >= 0.6 is 0 Å². The molecule has 0 aliphatic rings. The highest BCUT2D eigenvalue weighted by atomic mass is 16.5. The van der Waals surface area contributed by atoms with E-state index in [1.807, 2.05) is 54.6 Å². The molecule has 180 valence electrons. The van der Waals surface area contributed by atoms with Crippen molar-refractivity contribution in [1.82, 2.24) is 0 Å². The zero-order valence-corrected chi connectivity index (χ0v) is 20.7. The Hall–Kier alpha value is -4.08. The van der Waals surface area contributed by atoms with E-state index < -0.39 is 5.60 Å². The van der Waals surface area contributed by atoms with Gasteiger partial charge in [0.25, 0.3) is 0 Å². The highest BCUT2D eigenvalue weighted by molar-refractivity contribution is 5.94. The number of aliphatic hydroxyl groups is 1. The third-order valence-corrected chi connectivity index (χ3v) is 5.53. The molecule has 0 spiro atoms. The molecule has 0 saturated carbocycles. The van der Waals surface area contributed by atoms with Gasteiger partial charge in [0.15, 0.2) is 17.3 Å². The van der Waals surface area contributed by atoms with Crippen molar-refractivity contribution >= 4 is 11.0 Å². The number of rotatable bonds is 6. The second-order valence-electron chi connectivity index (χ2n) is 8.47. The Morgan fingerprint density at radius 3 is 1.91 bits per heavy atom. The number of fused-ring (bicyclic) bond motifs is 1. The highest BCUT2D eigenvalue weighted by Gasteiger charge is 2.19. The van der Waals surface area contributed by atoms with E-state index in [4.69, 9.17) is 23.4 Å². The minimum absolute atomic E-state index is 0.529. The van der Waals surface area contributed by atoms with Gasteiger partial charge < -0.3 is 28.5 Å². The van der Waals surface area contributed by atoms with Crippen LogP contribution in [0.1, 0.15) is 19.4 Å². The van der Waals surface area contributed by atoms with Crippen LogP contribution < -0.4 is 18.9 Å². The summed E-state index contributed by atoms with van der Waals surface area (Å²) in [4.78, 5) is 0. The van der Waals surface area contributed by atoms with Gasteiger partial charge in [-0.3, -0.25) is 0 Å². The van der Waals surface area contributed by atoms with E-state index in [2.05, 4.69) is 11.8 Å². The summed E-state index contributed by atoms with van der Waals surface area (Å²) in [6.45, 7) is 3.30. The molecule has 0 unspecified atom stereocenters. The lowest BCUT2D eigenvalue weighted by atomic mass is 9.99. The molecule has 6 heteroatoms. The topological polar surface area (TPSA) is 70.3 Å². The molecule has 0 atom stereocenters. The van der Waals surface area contributed by atoms with Crippen molar-refractivity contribution in [2.45, 2.75) is 19.4 Å². The van der Waals surface area contributed by atoms with E-state index in [9.17, 15) is 5.11 Å². The van der Waals surface area contributed by atoms with Gasteiger partial charge in [-0.15, -0.1) is 0 Å². The molecule has 0 radical (unpaired) electrons. The van der Waals surface area contributed by atoms with E-state index in [0.29, 0.717) is 34.2 Å². The number of furan rings is 1. The number of ether oxygens (including phenoxy) is 4. The lowest BCUT2D eigenvalue weighted by molar-refractivity contribution is 0.143. The first-order chi connectivity index (χ1) is 16.8. The van der Waals surface area contributed by atoms with Crippen molar-refractivity contribution in [2.24, 2.45) is 0 Å². The van der Waals surface area contributed by atoms with Gasteiger partial charge in [-0.05, 0) is 73.5 Å². The van der Waals surface area contributed by atoms with E-state index >= 15 is 0 Å². The molecule has 0 bridgehead atoms. The first-order valence-electron chi connectivity index (χ1n) is 11.0. The van der Waals surface area contributed by atoms with Gasteiger partial charge in [-0.25, -0.2) is 0 Å². The Labute approximate surface area is 205 Å². The molecule has 1 heterocycles. The molecule has 0 amide bonds. The summed E-state index contributed by atoms with van der Waals surface area (Å²) in [5.74, 6) is 9.11. The predicted octanol–water partition coefficient (Wildman–Crippen LogP) is 5.92. The number of hydrogen-bond acceptors (Lipinski definition) is 6. The van der Waals surface area contributed by atoms with Gasteiger partial charge in [0.2, 0.25) is 5.75 Å². The normalized spacial score (nSPS) is 11.1. The Balaban J connectivity index is 1.93. The molecule has 0 aliphatic heterocycles. The standard InChI is InChI=1S/C29H28O6/c1-29(2,30)14-13-22-23-15-19(20-16-25(32-4)28(34-6)26(17-20)33-5)9-12-24(23)35-27(22)18-7-10-21(31-3)11-8-18/h7-12,15-17,30H,1-6H3. The zero-order chi connectivity index (χ0) is 25.2.